The molecule has 0 fully saturated rings. The number of hydrogen-bond acceptors (Lipinski definition) is 0. The zero-order valence-corrected chi connectivity index (χ0v) is 8.31. The van der Waals surface area contributed by atoms with Crippen LogP contribution >= 0.6 is 0 Å². The van der Waals surface area contributed by atoms with Crippen molar-refractivity contribution in [2.24, 2.45) is 0 Å². The lowest BCUT2D eigenvalue weighted by molar-refractivity contribution is 0.465. The number of halogens is 1. The Bertz CT molecular complexity index is 278. The van der Waals surface area contributed by atoms with Crippen molar-refractivity contribution in [1.82, 2.24) is 0 Å². The maximum absolute atomic E-state index is 12.4. The topological polar surface area (TPSA) is 0 Å². The van der Waals surface area contributed by atoms with Gasteiger partial charge >= 0.3 is 0 Å². The van der Waals surface area contributed by atoms with Gasteiger partial charge in [0.25, 0.3) is 0 Å². The minimum absolute atomic E-state index is 0.217. The molecule has 0 saturated carbocycles. The zero-order valence-electron chi connectivity index (χ0n) is 8.31. The normalized spacial score (nSPS) is 12.9. The summed E-state index contributed by atoms with van der Waals surface area (Å²) in [6, 6.07) is 6.19. The molecule has 0 N–H and O–H groups in total. The fourth-order valence-electron chi connectivity index (χ4n) is 1.42. The molecule has 0 bridgehead atoms. The summed E-state index contributed by atoms with van der Waals surface area (Å²) in [5.74, 6) is -0.217. The highest BCUT2D eigenvalue weighted by molar-refractivity contribution is 5.32. The Balaban J connectivity index is 3.01. The van der Waals surface area contributed by atoms with Crippen molar-refractivity contribution in [2.45, 2.75) is 26.2 Å². The van der Waals surface area contributed by atoms with Gasteiger partial charge in [0, 0.05) is 5.92 Å². The highest BCUT2D eigenvalue weighted by atomic mass is 19.1. The van der Waals surface area contributed by atoms with Crippen molar-refractivity contribution in [1.29, 1.82) is 0 Å². The van der Waals surface area contributed by atoms with Crippen molar-refractivity contribution in [3.05, 3.63) is 41.8 Å². The molecule has 0 amide bonds. The molecule has 0 aliphatic carbocycles. The molecule has 1 unspecified atom stereocenters. The van der Waals surface area contributed by atoms with Crippen LogP contribution in [0.15, 0.2) is 18.2 Å². The summed E-state index contributed by atoms with van der Waals surface area (Å²) in [4.78, 5) is 0. The van der Waals surface area contributed by atoms with Crippen LogP contribution < -0.4 is 0 Å². The summed E-state index contributed by atoms with van der Waals surface area (Å²) < 4.78 is 12.4. The van der Waals surface area contributed by atoms with E-state index in [2.05, 4.69) is 19.9 Å². The largest absolute Gasteiger partial charge is 0.250 e. The highest BCUT2D eigenvalue weighted by Gasteiger charge is 2.05. The highest BCUT2D eigenvalue weighted by Crippen LogP contribution is 2.19. The first-order chi connectivity index (χ1) is 6.17. The number of rotatable bonds is 3. The van der Waals surface area contributed by atoms with Gasteiger partial charge in [-0.3, -0.25) is 4.39 Å². The van der Waals surface area contributed by atoms with Gasteiger partial charge < -0.3 is 0 Å². The standard InChI is InChI=1S/C12H16F/c1-4-11-5-9(2)6-12(7-11)10(3)8-13/h5-7,10H,3-4,8H2,1-2H3. The molecule has 0 nitrogen and oxygen atoms in total. The Kier molecular flexibility index (Phi) is 3.47. The Hall–Kier alpha value is -0.850. The van der Waals surface area contributed by atoms with Crippen LogP contribution in [0.1, 0.15) is 29.5 Å². The summed E-state index contributed by atoms with van der Waals surface area (Å²) in [7, 11) is 0. The Labute approximate surface area is 79.8 Å². The molecule has 1 atom stereocenters. The van der Waals surface area contributed by atoms with E-state index in [4.69, 9.17) is 0 Å². The van der Waals surface area contributed by atoms with Crippen molar-refractivity contribution in [3.63, 3.8) is 0 Å². The lowest BCUT2D eigenvalue weighted by Crippen LogP contribution is -1.97. The van der Waals surface area contributed by atoms with Gasteiger partial charge in [0.05, 0.1) is 6.67 Å². The maximum Gasteiger partial charge on any atom is 0.0962 e. The van der Waals surface area contributed by atoms with E-state index in [1.165, 1.54) is 11.1 Å². The van der Waals surface area contributed by atoms with Gasteiger partial charge in [-0.1, -0.05) is 30.7 Å². The number of hydrogen-bond donors (Lipinski definition) is 0. The van der Waals surface area contributed by atoms with E-state index >= 15 is 0 Å². The smallest absolute Gasteiger partial charge is 0.0962 e. The molecule has 0 saturated heterocycles. The van der Waals surface area contributed by atoms with E-state index < -0.39 is 0 Å². The first-order valence-corrected chi connectivity index (χ1v) is 4.67. The average molecular weight is 179 g/mol. The molecule has 0 aromatic heterocycles. The number of aryl methyl sites for hydroxylation is 2. The van der Waals surface area contributed by atoms with E-state index in [0.29, 0.717) is 0 Å². The molecule has 0 heterocycles. The molecule has 0 spiro atoms. The van der Waals surface area contributed by atoms with Crippen LogP contribution in [-0.4, -0.2) is 6.67 Å². The number of benzene rings is 1. The second kappa shape index (κ2) is 4.40. The molecule has 13 heavy (non-hydrogen) atoms. The molecular formula is C12H16F. The monoisotopic (exact) mass is 179 g/mol. The second-order valence-electron chi connectivity index (χ2n) is 3.46. The molecule has 1 radical (unpaired) electrons. The van der Waals surface area contributed by atoms with Crippen LogP contribution in [0.2, 0.25) is 0 Å². The predicted octanol–water partition coefficient (Wildman–Crippen LogP) is 3.44. The molecule has 1 aromatic rings. The Morgan fingerprint density at radius 3 is 2.62 bits per heavy atom. The fourth-order valence-corrected chi connectivity index (χ4v) is 1.42. The van der Waals surface area contributed by atoms with Crippen molar-refractivity contribution >= 4 is 0 Å². The second-order valence-corrected chi connectivity index (χ2v) is 3.46. The lowest BCUT2D eigenvalue weighted by Gasteiger charge is -2.10. The van der Waals surface area contributed by atoms with E-state index in [1.54, 1.807) is 0 Å². The first kappa shape index (κ1) is 10.2. The summed E-state index contributed by atoms with van der Waals surface area (Å²) in [6.45, 7) is 7.52. The van der Waals surface area contributed by atoms with Crippen LogP contribution in [0.4, 0.5) is 4.39 Å². The molecular weight excluding hydrogens is 163 g/mol. The third kappa shape index (κ3) is 2.55. The molecule has 71 valence electrons. The van der Waals surface area contributed by atoms with Gasteiger partial charge in [-0.2, -0.15) is 0 Å². The maximum atomic E-state index is 12.4. The summed E-state index contributed by atoms with van der Waals surface area (Å²) in [5.41, 5.74) is 3.47. The summed E-state index contributed by atoms with van der Waals surface area (Å²) in [5, 5.41) is 0. The molecule has 1 rings (SSSR count). The zero-order chi connectivity index (χ0) is 9.84. The Morgan fingerprint density at radius 2 is 2.08 bits per heavy atom. The van der Waals surface area contributed by atoms with E-state index in [-0.39, 0.29) is 12.6 Å². The van der Waals surface area contributed by atoms with Gasteiger partial charge in [-0.25, -0.2) is 0 Å². The SMILES string of the molecule is [CH2]C(CF)c1cc(C)cc(CC)c1. The van der Waals surface area contributed by atoms with Gasteiger partial charge in [-0.05, 0) is 31.4 Å². The molecule has 1 aromatic carbocycles. The van der Waals surface area contributed by atoms with Crippen molar-refractivity contribution in [3.8, 4) is 0 Å². The van der Waals surface area contributed by atoms with Crippen LogP contribution in [0.3, 0.4) is 0 Å². The third-order valence-corrected chi connectivity index (χ3v) is 2.23. The quantitative estimate of drug-likeness (QED) is 0.666. The minimum Gasteiger partial charge on any atom is -0.250 e. The molecule has 0 aliphatic rings. The van der Waals surface area contributed by atoms with Crippen LogP contribution in [0.5, 0.6) is 0 Å². The van der Waals surface area contributed by atoms with Crippen molar-refractivity contribution < 1.29 is 4.39 Å². The van der Waals surface area contributed by atoms with Crippen LogP contribution in [0.25, 0.3) is 0 Å². The number of alkyl halides is 1. The third-order valence-electron chi connectivity index (χ3n) is 2.23. The summed E-state index contributed by atoms with van der Waals surface area (Å²) >= 11 is 0. The van der Waals surface area contributed by atoms with Gasteiger partial charge in [0.15, 0.2) is 0 Å². The van der Waals surface area contributed by atoms with E-state index in [1.807, 2.05) is 19.1 Å². The van der Waals surface area contributed by atoms with Crippen LogP contribution in [-0.2, 0) is 6.42 Å². The predicted molar refractivity (Wildman–Crippen MR) is 54.6 cm³/mol. The Morgan fingerprint density at radius 1 is 1.38 bits per heavy atom. The molecule has 1 heteroatoms. The average Bonchev–Trinajstić information content (AvgIpc) is 2.15. The van der Waals surface area contributed by atoms with Gasteiger partial charge in [0.2, 0.25) is 0 Å². The van der Waals surface area contributed by atoms with Crippen molar-refractivity contribution in [2.75, 3.05) is 6.67 Å². The van der Waals surface area contributed by atoms with E-state index in [0.717, 1.165) is 12.0 Å². The fraction of sp³-hybridized carbons (Fsp3) is 0.417. The minimum atomic E-state index is -0.382. The summed E-state index contributed by atoms with van der Waals surface area (Å²) in [6.07, 6.45) is 0.994. The molecule has 0 aliphatic heterocycles. The first-order valence-electron chi connectivity index (χ1n) is 4.67. The van der Waals surface area contributed by atoms with Crippen LogP contribution in [0, 0.1) is 13.8 Å². The lowest BCUT2D eigenvalue weighted by atomic mass is 9.97. The van der Waals surface area contributed by atoms with Gasteiger partial charge in [-0.15, -0.1) is 0 Å². The van der Waals surface area contributed by atoms with E-state index in [9.17, 15) is 4.39 Å². The van der Waals surface area contributed by atoms with Gasteiger partial charge in [0.1, 0.15) is 0 Å².